The molecule has 2 aromatic rings. The monoisotopic (exact) mass is 366 g/mol. The number of benzene rings is 2. The maximum absolute atomic E-state index is 9.50. The Morgan fingerprint density at radius 3 is 2.63 bits per heavy atom. The predicted molar refractivity (Wildman–Crippen MR) is 111 cm³/mol. The van der Waals surface area contributed by atoms with Crippen LogP contribution in [0.25, 0.3) is 6.08 Å². The van der Waals surface area contributed by atoms with Gasteiger partial charge in [-0.05, 0) is 18.1 Å². The van der Waals surface area contributed by atoms with E-state index in [9.17, 15) is 5.11 Å². The van der Waals surface area contributed by atoms with Crippen molar-refractivity contribution < 1.29 is 9.84 Å². The van der Waals surface area contributed by atoms with Crippen LogP contribution in [0.3, 0.4) is 0 Å². The van der Waals surface area contributed by atoms with Crippen molar-refractivity contribution in [1.29, 1.82) is 0 Å². The van der Waals surface area contributed by atoms with Gasteiger partial charge in [0, 0.05) is 50.9 Å². The summed E-state index contributed by atoms with van der Waals surface area (Å²) in [7, 11) is 1.71. The molecule has 1 atom stereocenters. The number of aliphatic hydroxyl groups excluding tert-OH is 1. The van der Waals surface area contributed by atoms with Crippen LogP contribution in [-0.4, -0.2) is 60.8 Å². The molecule has 144 valence electrons. The number of methoxy groups -OCH3 is 1. The zero-order chi connectivity index (χ0) is 18.9. The second kappa shape index (κ2) is 10.3. The minimum absolute atomic E-state index is 0.237. The molecule has 0 aromatic heterocycles. The molecule has 4 nitrogen and oxygen atoms in total. The van der Waals surface area contributed by atoms with Crippen molar-refractivity contribution in [2.24, 2.45) is 0 Å². The number of aliphatic hydroxyl groups is 1. The van der Waals surface area contributed by atoms with Gasteiger partial charge in [-0.25, -0.2) is 0 Å². The van der Waals surface area contributed by atoms with Crippen LogP contribution < -0.4 is 4.74 Å². The van der Waals surface area contributed by atoms with Crippen LogP contribution in [0.4, 0.5) is 0 Å². The quantitative estimate of drug-likeness (QED) is 0.778. The zero-order valence-corrected chi connectivity index (χ0v) is 16.1. The molecule has 0 amide bonds. The lowest BCUT2D eigenvalue weighted by atomic mass is 10.1. The summed E-state index contributed by atoms with van der Waals surface area (Å²) in [5, 5.41) is 9.50. The van der Waals surface area contributed by atoms with Crippen LogP contribution in [-0.2, 0) is 6.54 Å². The summed E-state index contributed by atoms with van der Waals surface area (Å²) in [6.07, 6.45) is 5.16. The molecule has 0 bridgehead atoms. The van der Waals surface area contributed by atoms with E-state index in [0.717, 1.165) is 50.5 Å². The maximum atomic E-state index is 9.50. The first-order valence-electron chi connectivity index (χ1n) is 9.71. The summed E-state index contributed by atoms with van der Waals surface area (Å²) in [6.45, 7) is 5.17. The lowest BCUT2D eigenvalue weighted by Gasteiger charge is -2.41. The molecule has 1 fully saturated rings. The van der Waals surface area contributed by atoms with Gasteiger partial charge in [-0.2, -0.15) is 0 Å². The van der Waals surface area contributed by atoms with E-state index in [2.05, 4.69) is 58.4 Å². The lowest BCUT2D eigenvalue weighted by molar-refractivity contribution is 0.0597. The molecule has 1 aliphatic rings. The van der Waals surface area contributed by atoms with E-state index < -0.39 is 0 Å². The van der Waals surface area contributed by atoms with Gasteiger partial charge < -0.3 is 9.84 Å². The van der Waals surface area contributed by atoms with E-state index in [-0.39, 0.29) is 6.61 Å². The maximum Gasteiger partial charge on any atom is 0.126 e. The molecule has 0 spiro atoms. The molecule has 1 N–H and O–H groups in total. The third-order valence-corrected chi connectivity index (χ3v) is 5.18. The fourth-order valence-corrected chi connectivity index (χ4v) is 3.70. The van der Waals surface area contributed by atoms with Crippen molar-refractivity contribution in [2.45, 2.75) is 19.0 Å². The van der Waals surface area contributed by atoms with E-state index in [1.54, 1.807) is 7.11 Å². The van der Waals surface area contributed by atoms with Gasteiger partial charge in [0.05, 0.1) is 7.11 Å². The van der Waals surface area contributed by atoms with Crippen molar-refractivity contribution >= 4 is 6.08 Å². The number of nitrogens with zero attached hydrogens (tertiary/aromatic N) is 2. The Morgan fingerprint density at radius 1 is 1.07 bits per heavy atom. The fourth-order valence-electron chi connectivity index (χ4n) is 3.70. The van der Waals surface area contributed by atoms with Gasteiger partial charge in [-0.3, -0.25) is 9.80 Å². The minimum Gasteiger partial charge on any atom is -0.496 e. The van der Waals surface area contributed by atoms with Gasteiger partial charge in [0.2, 0.25) is 0 Å². The van der Waals surface area contributed by atoms with Gasteiger partial charge in [-0.1, -0.05) is 60.7 Å². The lowest BCUT2D eigenvalue weighted by Crippen LogP contribution is -2.52. The molecule has 0 radical (unpaired) electrons. The molecule has 0 saturated carbocycles. The third kappa shape index (κ3) is 5.67. The highest BCUT2D eigenvalue weighted by Crippen LogP contribution is 2.20. The number of rotatable bonds is 8. The van der Waals surface area contributed by atoms with Crippen LogP contribution in [0.1, 0.15) is 17.5 Å². The first-order valence-corrected chi connectivity index (χ1v) is 9.71. The first kappa shape index (κ1) is 19.6. The Balaban J connectivity index is 1.57. The van der Waals surface area contributed by atoms with Crippen LogP contribution in [0, 0.1) is 0 Å². The van der Waals surface area contributed by atoms with Gasteiger partial charge >= 0.3 is 0 Å². The molecule has 2 aromatic carbocycles. The molecule has 27 heavy (non-hydrogen) atoms. The van der Waals surface area contributed by atoms with Gasteiger partial charge in [0.15, 0.2) is 0 Å². The molecular formula is C23H30N2O2. The third-order valence-electron chi connectivity index (χ3n) is 5.18. The summed E-state index contributed by atoms with van der Waals surface area (Å²) >= 11 is 0. The minimum atomic E-state index is 0.237. The summed E-state index contributed by atoms with van der Waals surface area (Å²) in [5.41, 5.74) is 2.44. The highest BCUT2D eigenvalue weighted by atomic mass is 16.5. The van der Waals surface area contributed by atoms with Gasteiger partial charge in [0.25, 0.3) is 0 Å². The Bertz CT molecular complexity index is 717. The summed E-state index contributed by atoms with van der Waals surface area (Å²) in [5.74, 6) is 0.902. The standard InChI is InChI=1S/C23H30N2O2/c1-27-23-12-6-5-10-21(23)11-7-14-24-15-16-25(22(19-24)13-17-26)18-20-8-3-2-4-9-20/h2-12,22,26H,13-19H2,1H3/b11-7+/t22-/m0/s1. The Hall–Kier alpha value is -2.14. The zero-order valence-electron chi connectivity index (χ0n) is 16.1. The molecule has 0 unspecified atom stereocenters. The Kier molecular flexibility index (Phi) is 7.45. The second-order valence-electron chi connectivity index (χ2n) is 7.03. The highest BCUT2D eigenvalue weighted by molar-refractivity contribution is 5.57. The van der Waals surface area contributed by atoms with E-state index in [0.29, 0.717) is 6.04 Å². The molecule has 0 aliphatic carbocycles. The average molecular weight is 367 g/mol. The summed E-state index contributed by atoms with van der Waals surface area (Å²) in [4.78, 5) is 4.97. The van der Waals surface area contributed by atoms with E-state index >= 15 is 0 Å². The molecule has 3 rings (SSSR count). The average Bonchev–Trinajstić information content (AvgIpc) is 2.71. The number of ether oxygens (including phenoxy) is 1. The molecule has 4 heteroatoms. The largest absolute Gasteiger partial charge is 0.496 e. The van der Waals surface area contributed by atoms with Crippen molar-refractivity contribution in [3.8, 4) is 5.75 Å². The normalized spacial score (nSPS) is 18.8. The summed E-state index contributed by atoms with van der Waals surface area (Å²) < 4.78 is 5.41. The topological polar surface area (TPSA) is 35.9 Å². The molecule has 1 saturated heterocycles. The Morgan fingerprint density at radius 2 is 1.85 bits per heavy atom. The van der Waals surface area contributed by atoms with Crippen LogP contribution in [0.2, 0.25) is 0 Å². The second-order valence-corrected chi connectivity index (χ2v) is 7.03. The number of para-hydroxylation sites is 1. The van der Waals surface area contributed by atoms with E-state index in [1.807, 2.05) is 18.2 Å². The predicted octanol–water partition coefficient (Wildman–Crippen LogP) is 3.28. The number of hydrogen-bond acceptors (Lipinski definition) is 4. The van der Waals surface area contributed by atoms with Crippen molar-refractivity contribution in [2.75, 3.05) is 39.9 Å². The van der Waals surface area contributed by atoms with Gasteiger partial charge in [0.1, 0.15) is 5.75 Å². The molecule has 1 heterocycles. The van der Waals surface area contributed by atoms with Crippen molar-refractivity contribution in [3.63, 3.8) is 0 Å². The first-order chi connectivity index (χ1) is 13.3. The van der Waals surface area contributed by atoms with E-state index in [1.165, 1.54) is 5.56 Å². The van der Waals surface area contributed by atoms with Crippen molar-refractivity contribution in [1.82, 2.24) is 9.80 Å². The van der Waals surface area contributed by atoms with Crippen LogP contribution >= 0.6 is 0 Å². The summed E-state index contributed by atoms with van der Waals surface area (Å²) in [6, 6.07) is 19.1. The highest BCUT2D eigenvalue weighted by Gasteiger charge is 2.25. The smallest absolute Gasteiger partial charge is 0.126 e. The van der Waals surface area contributed by atoms with Gasteiger partial charge in [-0.15, -0.1) is 0 Å². The molecule has 1 aliphatic heterocycles. The van der Waals surface area contributed by atoms with Crippen LogP contribution in [0.5, 0.6) is 5.75 Å². The van der Waals surface area contributed by atoms with Crippen LogP contribution in [0.15, 0.2) is 60.7 Å². The van der Waals surface area contributed by atoms with Crippen molar-refractivity contribution in [3.05, 3.63) is 71.8 Å². The Labute approximate surface area is 162 Å². The SMILES string of the molecule is COc1ccccc1/C=C/CN1CCN(Cc2ccccc2)[C@@H](CCO)C1. The fraction of sp³-hybridized carbons (Fsp3) is 0.391. The number of piperazine rings is 1. The molecular weight excluding hydrogens is 336 g/mol. The number of hydrogen-bond donors (Lipinski definition) is 1. The van der Waals surface area contributed by atoms with E-state index in [4.69, 9.17) is 4.74 Å².